The molecule has 1 fully saturated rings. The average molecular weight is 343 g/mol. The SMILES string of the molecule is CC(=O)N1CCN(C(=O)c2cn3c(C)cccc3n2)C[C@H](C(N)=O)C1. The van der Waals surface area contributed by atoms with Crippen molar-refractivity contribution >= 4 is 23.4 Å². The van der Waals surface area contributed by atoms with Gasteiger partial charge in [0.15, 0.2) is 0 Å². The number of hydrogen-bond donors (Lipinski definition) is 1. The van der Waals surface area contributed by atoms with Crippen LogP contribution in [0.25, 0.3) is 5.65 Å². The molecule has 132 valence electrons. The van der Waals surface area contributed by atoms with Gasteiger partial charge in [0, 0.05) is 45.0 Å². The van der Waals surface area contributed by atoms with E-state index < -0.39 is 11.8 Å². The van der Waals surface area contributed by atoms with Gasteiger partial charge < -0.3 is 19.9 Å². The summed E-state index contributed by atoms with van der Waals surface area (Å²) in [6.45, 7) is 4.51. The van der Waals surface area contributed by atoms with Gasteiger partial charge in [-0.2, -0.15) is 0 Å². The number of imidazole rings is 1. The minimum Gasteiger partial charge on any atom is -0.369 e. The van der Waals surface area contributed by atoms with Crippen LogP contribution in [0.4, 0.5) is 0 Å². The maximum atomic E-state index is 12.9. The van der Waals surface area contributed by atoms with Crippen molar-refractivity contribution in [2.45, 2.75) is 13.8 Å². The van der Waals surface area contributed by atoms with E-state index in [1.54, 1.807) is 16.0 Å². The maximum absolute atomic E-state index is 12.9. The number of aromatic nitrogens is 2. The largest absolute Gasteiger partial charge is 0.369 e. The molecule has 1 aliphatic rings. The number of rotatable bonds is 2. The fraction of sp³-hybridized carbons (Fsp3) is 0.412. The molecule has 3 rings (SSSR count). The molecule has 3 heterocycles. The number of primary amides is 1. The molecular weight excluding hydrogens is 322 g/mol. The summed E-state index contributed by atoms with van der Waals surface area (Å²) in [6.07, 6.45) is 1.69. The molecule has 0 bridgehead atoms. The van der Waals surface area contributed by atoms with E-state index in [0.29, 0.717) is 24.4 Å². The lowest BCUT2D eigenvalue weighted by molar-refractivity contribution is -0.130. The number of fused-ring (bicyclic) bond motifs is 1. The van der Waals surface area contributed by atoms with Gasteiger partial charge in [-0.3, -0.25) is 14.4 Å². The molecule has 8 heteroatoms. The van der Waals surface area contributed by atoms with Crippen LogP contribution in [-0.4, -0.2) is 63.1 Å². The molecular formula is C17H21N5O3. The fourth-order valence-corrected chi connectivity index (χ4v) is 3.08. The van der Waals surface area contributed by atoms with E-state index in [2.05, 4.69) is 4.98 Å². The second kappa shape index (κ2) is 6.54. The number of amides is 3. The Morgan fingerprint density at radius 2 is 1.84 bits per heavy atom. The van der Waals surface area contributed by atoms with Crippen molar-refractivity contribution < 1.29 is 14.4 Å². The van der Waals surface area contributed by atoms with Crippen LogP contribution in [-0.2, 0) is 9.59 Å². The summed E-state index contributed by atoms with van der Waals surface area (Å²) in [6, 6.07) is 5.64. The standard InChI is InChI=1S/C17H21N5O3/c1-11-4-3-5-15-19-14(10-22(11)15)17(25)21-7-6-20(12(2)23)8-13(9-21)16(18)24/h3-5,10,13H,6-9H2,1-2H3,(H2,18,24)/t13-/m1/s1. The van der Waals surface area contributed by atoms with Gasteiger partial charge in [-0.05, 0) is 19.1 Å². The normalized spacial score (nSPS) is 18.2. The number of pyridine rings is 1. The van der Waals surface area contributed by atoms with Crippen molar-refractivity contribution in [3.63, 3.8) is 0 Å². The first kappa shape index (κ1) is 16.9. The number of aryl methyl sites for hydroxylation is 1. The molecule has 0 radical (unpaired) electrons. The first-order chi connectivity index (χ1) is 11.9. The second-order valence-corrected chi connectivity index (χ2v) is 6.34. The lowest BCUT2D eigenvalue weighted by atomic mass is 10.1. The lowest BCUT2D eigenvalue weighted by Gasteiger charge is -2.21. The molecule has 0 saturated carbocycles. The summed E-state index contributed by atoms with van der Waals surface area (Å²) >= 11 is 0. The molecule has 0 spiro atoms. The Morgan fingerprint density at radius 3 is 2.48 bits per heavy atom. The number of carbonyl (C=O) groups excluding carboxylic acids is 3. The van der Waals surface area contributed by atoms with Gasteiger partial charge in [0.25, 0.3) is 5.91 Å². The summed E-state index contributed by atoms with van der Waals surface area (Å²) in [5, 5.41) is 0. The molecule has 25 heavy (non-hydrogen) atoms. The molecule has 0 aliphatic carbocycles. The van der Waals surface area contributed by atoms with E-state index in [9.17, 15) is 14.4 Å². The van der Waals surface area contributed by atoms with Crippen LogP contribution in [0, 0.1) is 12.8 Å². The molecule has 3 amide bonds. The molecule has 0 unspecified atom stereocenters. The average Bonchev–Trinajstić information content (AvgIpc) is 2.86. The zero-order valence-corrected chi connectivity index (χ0v) is 14.3. The number of nitrogens with zero attached hydrogens (tertiary/aromatic N) is 4. The summed E-state index contributed by atoms with van der Waals surface area (Å²) < 4.78 is 1.85. The minimum atomic E-state index is -0.589. The van der Waals surface area contributed by atoms with Gasteiger partial charge in [-0.15, -0.1) is 0 Å². The van der Waals surface area contributed by atoms with E-state index in [1.165, 1.54) is 6.92 Å². The molecule has 0 aromatic carbocycles. The zero-order chi connectivity index (χ0) is 18.1. The van der Waals surface area contributed by atoms with Crippen molar-refractivity contribution in [2.75, 3.05) is 26.2 Å². The highest BCUT2D eigenvalue weighted by Gasteiger charge is 2.31. The molecule has 1 atom stereocenters. The summed E-state index contributed by atoms with van der Waals surface area (Å²) in [5.41, 5.74) is 7.42. The van der Waals surface area contributed by atoms with Crippen LogP contribution in [0.15, 0.2) is 24.4 Å². The van der Waals surface area contributed by atoms with Crippen LogP contribution in [0.1, 0.15) is 23.1 Å². The molecule has 2 N–H and O–H groups in total. The van der Waals surface area contributed by atoms with Crippen molar-refractivity contribution in [3.8, 4) is 0 Å². The summed E-state index contributed by atoms with van der Waals surface area (Å²) in [4.78, 5) is 43.7. The molecule has 1 aliphatic heterocycles. The van der Waals surface area contributed by atoms with E-state index in [0.717, 1.165) is 5.69 Å². The molecule has 2 aromatic rings. The lowest BCUT2D eigenvalue weighted by Crippen LogP contribution is -2.41. The first-order valence-electron chi connectivity index (χ1n) is 8.15. The Labute approximate surface area is 145 Å². The van der Waals surface area contributed by atoms with Crippen LogP contribution < -0.4 is 5.73 Å². The third-order valence-corrected chi connectivity index (χ3v) is 4.57. The highest BCUT2D eigenvalue weighted by atomic mass is 16.2. The maximum Gasteiger partial charge on any atom is 0.274 e. The Bertz CT molecular complexity index is 844. The second-order valence-electron chi connectivity index (χ2n) is 6.34. The number of nitrogens with two attached hydrogens (primary N) is 1. The van der Waals surface area contributed by atoms with Crippen molar-refractivity contribution in [1.82, 2.24) is 19.2 Å². The minimum absolute atomic E-state index is 0.135. The third-order valence-electron chi connectivity index (χ3n) is 4.57. The molecule has 8 nitrogen and oxygen atoms in total. The highest BCUT2D eigenvalue weighted by molar-refractivity contribution is 5.93. The van der Waals surface area contributed by atoms with Crippen LogP contribution in [0.3, 0.4) is 0 Å². The van der Waals surface area contributed by atoms with E-state index in [4.69, 9.17) is 5.73 Å². The zero-order valence-electron chi connectivity index (χ0n) is 14.3. The van der Waals surface area contributed by atoms with Crippen LogP contribution in [0.2, 0.25) is 0 Å². The van der Waals surface area contributed by atoms with Crippen molar-refractivity contribution in [3.05, 3.63) is 35.8 Å². The Balaban J connectivity index is 1.87. The van der Waals surface area contributed by atoms with Gasteiger partial charge in [-0.1, -0.05) is 6.07 Å². The van der Waals surface area contributed by atoms with Crippen molar-refractivity contribution in [2.24, 2.45) is 11.7 Å². The fourth-order valence-electron chi connectivity index (χ4n) is 3.08. The topological polar surface area (TPSA) is 101 Å². The summed E-state index contributed by atoms with van der Waals surface area (Å²) in [7, 11) is 0. The Hall–Kier alpha value is -2.90. The van der Waals surface area contributed by atoms with Crippen LogP contribution in [0.5, 0.6) is 0 Å². The van der Waals surface area contributed by atoms with Gasteiger partial charge in [0.1, 0.15) is 11.3 Å². The van der Waals surface area contributed by atoms with E-state index >= 15 is 0 Å². The first-order valence-corrected chi connectivity index (χ1v) is 8.15. The number of carbonyl (C=O) groups is 3. The van der Waals surface area contributed by atoms with Crippen molar-refractivity contribution in [1.29, 1.82) is 0 Å². The van der Waals surface area contributed by atoms with E-state index in [-0.39, 0.29) is 24.9 Å². The van der Waals surface area contributed by atoms with Crippen LogP contribution >= 0.6 is 0 Å². The molecule has 1 saturated heterocycles. The third kappa shape index (κ3) is 3.33. The predicted octanol–water partition coefficient (Wildman–Crippen LogP) is 0.0485. The molecule has 2 aromatic heterocycles. The summed E-state index contributed by atoms with van der Waals surface area (Å²) in [5.74, 6) is -1.51. The van der Waals surface area contributed by atoms with Gasteiger partial charge in [0.2, 0.25) is 11.8 Å². The van der Waals surface area contributed by atoms with E-state index in [1.807, 2.05) is 29.5 Å². The number of hydrogen-bond acceptors (Lipinski definition) is 4. The predicted molar refractivity (Wildman–Crippen MR) is 90.8 cm³/mol. The van der Waals surface area contributed by atoms with Gasteiger partial charge in [-0.25, -0.2) is 4.98 Å². The van der Waals surface area contributed by atoms with Gasteiger partial charge in [0.05, 0.1) is 5.92 Å². The monoisotopic (exact) mass is 343 g/mol. The quantitative estimate of drug-likeness (QED) is 0.832. The van der Waals surface area contributed by atoms with Gasteiger partial charge >= 0.3 is 0 Å². The highest BCUT2D eigenvalue weighted by Crippen LogP contribution is 2.15. The Kier molecular flexibility index (Phi) is 4.43. The smallest absolute Gasteiger partial charge is 0.274 e. The Morgan fingerprint density at radius 1 is 1.16 bits per heavy atom.